The van der Waals surface area contributed by atoms with E-state index in [-0.39, 0.29) is 11.3 Å². The van der Waals surface area contributed by atoms with Gasteiger partial charge in [0.1, 0.15) is 0 Å². The van der Waals surface area contributed by atoms with E-state index in [1.165, 1.54) is 5.56 Å². The van der Waals surface area contributed by atoms with E-state index in [1.807, 2.05) is 0 Å². The summed E-state index contributed by atoms with van der Waals surface area (Å²) in [6.07, 6.45) is 4.77. The molecular weight excluding hydrogens is 290 g/mol. The zero-order chi connectivity index (χ0) is 16.1. The standard InChI is InChI=1S/C19H27NO3/c21-18(22)16-8-6-15(7-9-16)12-20-13-19(10-11-23-14-19)17-4-2-1-3-5-17/h1-5,15-16,20H,6-14H2,(H,21,22). The monoisotopic (exact) mass is 317 g/mol. The van der Waals surface area contributed by atoms with Crippen molar-refractivity contribution in [3.8, 4) is 0 Å². The number of benzene rings is 1. The molecular formula is C19H27NO3. The van der Waals surface area contributed by atoms with Crippen LogP contribution >= 0.6 is 0 Å². The van der Waals surface area contributed by atoms with Gasteiger partial charge in [-0.1, -0.05) is 30.3 Å². The van der Waals surface area contributed by atoms with Gasteiger partial charge in [-0.3, -0.25) is 4.79 Å². The largest absolute Gasteiger partial charge is 0.481 e. The molecule has 2 fully saturated rings. The molecule has 0 bridgehead atoms. The van der Waals surface area contributed by atoms with Crippen molar-refractivity contribution < 1.29 is 14.6 Å². The Morgan fingerprint density at radius 3 is 2.57 bits per heavy atom. The summed E-state index contributed by atoms with van der Waals surface area (Å²) in [6.45, 7) is 3.55. The molecule has 1 heterocycles. The topological polar surface area (TPSA) is 58.6 Å². The van der Waals surface area contributed by atoms with Crippen LogP contribution in [0.15, 0.2) is 30.3 Å². The van der Waals surface area contributed by atoms with Crippen LogP contribution in [-0.2, 0) is 14.9 Å². The Hall–Kier alpha value is -1.39. The van der Waals surface area contributed by atoms with Gasteiger partial charge in [-0.15, -0.1) is 0 Å². The number of aliphatic carboxylic acids is 1. The Morgan fingerprint density at radius 2 is 1.96 bits per heavy atom. The highest BCUT2D eigenvalue weighted by Gasteiger charge is 2.36. The van der Waals surface area contributed by atoms with Crippen molar-refractivity contribution in [2.75, 3.05) is 26.3 Å². The first kappa shape index (κ1) is 16.5. The first-order valence-electron chi connectivity index (χ1n) is 8.76. The van der Waals surface area contributed by atoms with Crippen LogP contribution in [0.25, 0.3) is 0 Å². The predicted molar refractivity (Wildman–Crippen MR) is 89.5 cm³/mol. The van der Waals surface area contributed by atoms with Crippen molar-refractivity contribution in [1.29, 1.82) is 0 Å². The van der Waals surface area contributed by atoms with E-state index in [0.717, 1.165) is 58.4 Å². The molecule has 0 radical (unpaired) electrons. The highest BCUT2D eigenvalue weighted by Crippen LogP contribution is 2.33. The lowest BCUT2D eigenvalue weighted by Gasteiger charge is -2.31. The van der Waals surface area contributed by atoms with Crippen molar-refractivity contribution in [1.82, 2.24) is 5.32 Å². The lowest BCUT2D eigenvalue weighted by Crippen LogP contribution is -2.41. The van der Waals surface area contributed by atoms with Gasteiger partial charge in [0.25, 0.3) is 0 Å². The van der Waals surface area contributed by atoms with Gasteiger partial charge in [0.15, 0.2) is 0 Å². The van der Waals surface area contributed by atoms with Crippen LogP contribution in [0.2, 0.25) is 0 Å². The van der Waals surface area contributed by atoms with Crippen molar-refractivity contribution >= 4 is 5.97 Å². The number of carbonyl (C=O) groups is 1. The van der Waals surface area contributed by atoms with Gasteiger partial charge in [-0.05, 0) is 50.1 Å². The fourth-order valence-electron chi connectivity index (χ4n) is 4.00. The van der Waals surface area contributed by atoms with Crippen LogP contribution in [-0.4, -0.2) is 37.4 Å². The van der Waals surface area contributed by atoms with Crippen LogP contribution < -0.4 is 5.32 Å². The molecule has 1 aliphatic carbocycles. The molecule has 1 unspecified atom stereocenters. The number of rotatable bonds is 6. The molecule has 1 saturated heterocycles. The van der Waals surface area contributed by atoms with Crippen molar-refractivity contribution in [3.63, 3.8) is 0 Å². The zero-order valence-electron chi connectivity index (χ0n) is 13.7. The zero-order valence-corrected chi connectivity index (χ0v) is 13.7. The Morgan fingerprint density at radius 1 is 1.22 bits per heavy atom. The molecule has 3 rings (SSSR count). The third-order valence-corrected chi connectivity index (χ3v) is 5.58. The van der Waals surface area contributed by atoms with Gasteiger partial charge < -0.3 is 15.2 Å². The summed E-state index contributed by atoms with van der Waals surface area (Å²) in [4.78, 5) is 11.0. The second-order valence-corrected chi connectivity index (χ2v) is 7.14. The van der Waals surface area contributed by atoms with E-state index in [9.17, 15) is 4.79 Å². The summed E-state index contributed by atoms with van der Waals surface area (Å²) in [7, 11) is 0. The minimum Gasteiger partial charge on any atom is -0.481 e. The van der Waals surface area contributed by atoms with E-state index in [1.54, 1.807) is 0 Å². The number of ether oxygens (including phenoxy) is 1. The van der Waals surface area contributed by atoms with Gasteiger partial charge in [0, 0.05) is 18.6 Å². The van der Waals surface area contributed by atoms with Crippen LogP contribution in [0.1, 0.15) is 37.7 Å². The average Bonchev–Trinajstić information content (AvgIpc) is 3.06. The summed E-state index contributed by atoms with van der Waals surface area (Å²) >= 11 is 0. The summed E-state index contributed by atoms with van der Waals surface area (Å²) in [5.41, 5.74) is 1.46. The van der Waals surface area contributed by atoms with Gasteiger partial charge >= 0.3 is 5.97 Å². The van der Waals surface area contributed by atoms with Gasteiger partial charge in [-0.2, -0.15) is 0 Å². The second kappa shape index (κ2) is 7.45. The van der Waals surface area contributed by atoms with Crippen LogP contribution in [0.3, 0.4) is 0 Å². The maximum atomic E-state index is 11.0. The van der Waals surface area contributed by atoms with E-state index >= 15 is 0 Å². The molecule has 126 valence electrons. The Bertz CT molecular complexity index is 503. The molecule has 1 aliphatic heterocycles. The SMILES string of the molecule is O=C(O)C1CCC(CNCC2(c3ccccc3)CCOC2)CC1. The molecule has 1 atom stereocenters. The van der Waals surface area contributed by atoms with E-state index in [0.29, 0.717) is 5.92 Å². The van der Waals surface area contributed by atoms with E-state index in [4.69, 9.17) is 9.84 Å². The summed E-state index contributed by atoms with van der Waals surface area (Å²) in [5, 5.41) is 12.7. The van der Waals surface area contributed by atoms with Crippen molar-refractivity contribution in [2.45, 2.75) is 37.5 Å². The molecule has 4 heteroatoms. The maximum absolute atomic E-state index is 11.0. The van der Waals surface area contributed by atoms with E-state index < -0.39 is 5.97 Å². The van der Waals surface area contributed by atoms with Crippen LogP contribution in [0.4, 0.5) is 0 Å². The quantitative estimate of drug-likeness (QED) is 0.847. The van der Waals surface area contributed by atoms with Gasteiger partial charge in [0.2, 0.25) is 0 Å². The Balaban J connectivity index is 1.50. The van der Waals surface area contributed by atoms with Crippen LogP contribution in [0.5, 0.6) is 0 Å². The lowest BCUT2D eigenvalue weighted by molar-refractivity contribution is -0.143. The van der Waals surface area contributed by atoms with Crippen LogP contribution in [0, 0.1) is 11.8 Å². The fraction of sp³-hybridized carbons (Fsp3) is 0.632. The van der Waals surface area contributed by atoms with Crippen molar-refractivity contribution in [3.05, 3.63) is 35.9 Å². The normalized spacial score (nSPS) is 31.1. The summed E-state index contributed by atoms with van der Waals surface area (Å²) in [5.74, 6) is -0.131. The Kier molecular flexibility index (Phi) is 5.34. The summed E-state index contributed by atoms with van der Waals surface area (Å²) in [6, 6.07) is 10.7. The average molecular weight is 317 g/mol. The molecule has 23 heavy (non-hydrogen) atoms. The molecule has 2 aliphatic rings. The smallest absolute Gasteiger partial charge is 0.306 e. The molecule has 1 aromatic rings. The number of carboxylic acid groups (broad SMARTS) is 1. The minimum absolute atomic E-state index is 0.0968. The number of carboxylic acids is 1. The highest BCUT2D eigenvalue weighted by atomic mass is 16.5. The molecule has 2 N–H and O–H groups in total. The highest BCUT2D eigenvalue weighted by molar-refractivity contribution is 5.69. The maximum Gasteiger partial charge on any atom is 0.306 e. The molecule has 0 aromatic heterocycles. The Labute approximate surface area is 138 Å². The fourth-order valence-corrected chi connectivity index (χ4v) is 4.00. The van der Waals surface area contributed by atoms with Crippen molar-refractivity contribution in [2.24, 2.45) is 11.8 Å². The third kappa shape index (κ3) is 3.93. The first-order chi connectivity index (χ1) is 11.2. The van der Waals surface area contributed by atoms with Gasteiger partial charge in [0.05, 0.1) is 12.5 Å². The molecule has 1 aromatic carbocycles. The molecule has 1 saturated carbocycles. The minimum atomic E-state index is -0.623. The predicted octanol–water partition coefficient (Wildman–Crippen LogP) is 2.83. The number of hydrogen-bond donors (Lipinski definition) is 2. The molecule has 0 amide bonds. The lowest BCUT2D eigenvalue weighted by atomic mass is 9.79. The van der Waals surface area contributed by atoms with Gasteiger partial charge in [-0.25, -0.2) is 0 Å². The number of nitrogens with one attached hydrogen (secondary N) is 1. The first-order valence-corrected chi connectivity index (χ1v) is 8.76. The number of hydrogen-bond acceptors (Lipinski definition) is 3. The molecule has 4 nitrogen and oxygen atoms in total. The van der Waals surface area contributed by atoms with E-state index in [2.05, 4.69) is 35.6 Å². The third-order valence-electron chi connectivity index (χ3n) is 5.58. The molecule has 0 spiro atoms. The summed E-state index contributed by atoms with van der Waals surface area (Å²) < 4.78 is 5.69. The second-order valence-electron chi connectivity index (χ2n) is 7.14.